The van der Waals surface area contributed by atoms with Gasteiger partial charge in [0.05, 0.1) is 12.7 Å². The van der Waals surface area contributed by atoms with E-state index in [4.69, 9.17) is 10.5 Å². The Morgan fingerprint density at radius 1 is 1.24 bits per heavy atom. The molecule has 0 aromatic heterocycles. The Morgan fingerprint density at radius 2 is 1.90 bits per heavy atom. The highest BCUT2D eigenvalue weighted by Crippen LogP contribution is 2.21. The Morgan fingerprint density at radius 3 is 2.48 bits per heavy atom. The van der Waals surface area contributed by atoms with Gasteiger partial charge in [-0.15, -0.1) is 0 Å². The van der Waals surface area contributed by atoms with Crippen LogP contribution in [0.15, 0.2) is 42.5 Å². The van der Waals surface area contributed by atoms with E-state index in [0.717, 1.165) is 5.56 Å². The Balaban J connectivity index is 2.13. The van der Waals surface area contributed by atoms with Crippen molar-refractivity contribution >= 4 is 11.6 Å². The number of hydrogen-bond donors (Lipinski definition) is 2. The number of benzene rings is 2. The Labute approximate surface area is 123 Å². The van der Waals surface area contributed by atoms with Crippen LogP contribution in [-0.4, -0.2) is 30.1 Å². The summed E-state index contributed by atoms with van der Waals surface area (Å²) in [7, 11) is 3.26. The molecule has 2 aromatic carbocycles. The molecule has 0 spiro atoms. The summed E-state index contributed by atoms with van der Waals surface area (Å²) in [6.45, 7) is 0.435. The van der Waals surface area contributed by atoms with E-state index in [1.54, 1.807) is 61.5 Å². The van der Waals surface area contributed by atoms with Gasteiger partial charge in [0, 0.05) is 25.3 Å². The number of phenols is 1. The third kappa shape index (κ3) is 3.45. The molecule has 0 radical (unpaired) electrons. The number of carbonyl (C=O) groups excluding carboxylic acids is 1. The van der Waals surface area contributed by atoms with Crippen molar-refractivity contribution in [3.63, 3.8) is 0 Å². The molecule has 0 aliphatic carbocycles. The molecule has 0 aliphatic heterocycles. The second kappa shape index (κ2) is 6.17. The lowest BCUT2D eigenvalue weighted by Gasteiger charge is -2.18. The maximum atomic E-state index is 12.4. The fourth-order valence-electron chi connectivity index (χ4n) is 2.02. The number of carbonyl (C=O) groups is 1. The molecule has 2 aromatic rings. The monoisotopic (exact) mass is 286 g/mol. The van der Waals surface area contributed by atoms with Gasteiger partial charge in [0.25, 0.3) is 5.91 Å². The van der Waals surface area contributed by atoms with Crippen molar-refractivity contribution < 1.29 is 14.6 Å². The molecule has 5 nitrogen and oxygen atoms in total. The first-order chi connectivity index (χ1) is 10.0. The smallest absolute Gasteiger partial charge is 0.255 e. The fraction of sp³-hybridized carbons (Fsp3) is 0.188. The van der Waals surface area contributed by atoms with Crippen LogP contribution in [0.4, 0.5) is 5.69 Å². The van der Waals surface area contributed by atoms with E-state index in [2.05, 4.69) is 0 Å². The van der Waals surface area contributed by atoms with Crippen molar-refractivity contribution in [2.24, 2.45) is 0 Å². The number of phenolic OH excluding ortho intramolecular Hbond substituents is 1. The highest BCUT2D eigenvalue weighted by molar-refractivity contribution is 5.99. The number of nitrogens with two attached hydrogens (primary N) is 1. The molecule has 0 atom stereocenters. The molecule has 0 aliphatic rings. The Hall–Kier alpha value is -2.69. The Kier molecular flexibility index (Phi) is 4.33. The van der Waals surface area contributed by atoms with Crippen LogP contribution in [0.2, 0.25) is 0 Å². The summed E-state index contributed by atoms with van der Waals surface area (Å²) in [5.74, 6) is 0.653. The second-order valence-corrected chi connectivity index (χ2v) is 4.78. The summed E-state index contributed by atoms with van der Waals surface area (Å²) in [5, 5.41) is 9.25. The summed E-state index contributed by atoms with van der Waals surface area (Å²) in [6, 6.07) is 11.7. The van der Waals surface area contributed by atoms with Crippen molar-refractivity contribution in [1.29, 1.82) is 0 Å². The van der Waals surface area contributed by atoms with Crippen molar-refractivity contribution in [3.8, 4) is 11.5 Å². The van der Waals surface area contributed by atoms with E-state index in [9.17, 15) is 9.90 Å². The van der Waals surface area contributed by atoms with E-state index in [-0.39, 0.29) is 11.7 Å². The molecule has 2 rings (SSSR count). The molecule has 0 fully saturated rings. The molecule has 1 amide bonds. The van der Waals surface area contributed by atoms with Crippen LogP contribution in [-0.2, 0) is 6.54 Å². The van der Waals surface area contributed by atoms with Gasteiger partial charge in [-0.1, -0.05) is 12.1 Å². The number of anilines is 1. The van der Waals surface area contributed by atoms with Crippen LogP contribution in [0.25, 0.3) is 0 Å². The average Bonchev–Trinajstić information content (AvgIpc) is 2.48. The maximum absolute atomic E-state index is 12.4. The predicted octanol–water partition coefficient (Wildman–Crippen LogP) is 2.26. The number of nitrogens with zero attached hydrogens (tertiary/aromatic N) is 1. The van der Waals surface area contributed by atoms with Gasteiger partial charge in [0.2, 0.25) is 0 Å². The van der Waals surface area contributed by atoms with Crippen molar-refractivity contribution in [2.45, 2.75) is 6.54 Å². The van der Waals surface area contributed by atoms with E-state index in [0.29, 0.717) is 23.5 Å². The van der Waals surface area contributed by atoms with Crippen LogP contribution in [0.1, 0.15) is 15.9 Å². The van der Waals surface area contributed by atoms with Gasteiger partial charge < -0.3 is 20.5 Å². The van der Waals surface area contributed by atoms with E-state index >= 15 is 0 Å². The first-order valence-electron chi connectivity index (χ1n) is 6.48. The molecule has 21 heavy (non-hydrogen) atoms. The van der Waals surface area contributed by atoms with Crippen LogP contribution in [0.3, 0.4) is 0 Å². The van der Waals surface area contributed by atoms with Crippen molar-refractivity contribution in [3.05, 3.63) is 53.6 Å². The number of nitrogen functional groups attached to an aromatic ring is 1. The zero-order valence-electron chi connectivity index (χ0n) is 12.0. The number of hydrogen-bond acceptors (Lipinski definition) is 4. The van der Waals surface area contributed by atoms with Gasteiger partial charge in [0.15, 0.2) is 0 Å². The summed E-state index contributed by atoms with van der Waals surface area (Å²) >= 11 is 0. The van der Waals surface area contributed by atoms with Crippen LogP contribution >= 0.6 is 0 Å². The van der Waals surface area contributed by atoms with E-state index in [1.165, 1.54) is 0 Å². The standard InChI is InChI=1S/C16H18N2O3/c1-18(10-11-3-5-12(19)6-4-11)16(20)14-8-7-13(21-2)9-15(14)17/h3-9,19H,10,17H2,1-2H3. The van der Waals surface area contributed by atoms with Crippen LogP contribution < -0.4 is 10.5 Å². The molecule has 0 saturated carbocycles. The number of aromatic hydroxyl groups is 1. The third-order valence-corrected chi connectivity index (χ3v) is 3.19. The fourth-order valence-corrected chi connectivity index (χ4v) is 2.02. The van der Waals surface area contributed by atoms with Crippen LogP contribution in [0, 0.1) is 0 Å². The van der Waals surface area contributed by atoms with Crippen LogP contribution in [0.5, 0.6) is 11.5 Å². The van der Waals surface area contributed by atoms with Crippen molar-refractivity contribution in [2.75, 3.05) is 19.9 Å². The normalized spacial score (nSPS) is 10.2. The lowest BCUT2D eigenvalue weighted by molar-refractivity contribution is 0.0786. The van der Waals surface area contributed by atoms with Crippen molar-refractivity contribution in [1.82, 2.24) is 4.90 Å². The summed E-state index contributed by atoms with van der Waals surface area (Å²) in [6.07, 6.45) is 0. The first-order valence-corrected chi connectivity index (χ1v) is 6.48. The maximum Gasteiger partial charge on any atom is 0.255 e. The zero-order valence-corrected chi connectivity index (χ0v) is 12.0. The van der Waals surface area contributed by atoms with Gasteiger partial charge in [0.1, 0.15) is 11.5 Å². The van der Waals surface area contributed by atoms with Gasteiger partial charge in [-0.25, -0.2) is 0 Å². The molecule has 0 saturated heterocycles. The predicted molar refractivity (Wildman–Crippen MR) is 81.3 cm³/mol. The molecule has 0 bridgehead atoms. The minimum atomic E-state index is -0.164. The minimum absolute atomic E-state index is 0.164. The zero-order chi connectivity index (χ0) is 15.4. The van der Waals surface area contributed by atoms with E-state index in [1.807, 2.05) is 0 Å². The number of amides is 1. The molecule has 0 heterocycles. The highest BCUT2D eigenvalue weighted by Gasteiger charge is 2.15. The minimum Gasteiger partial charge on any atom is -0.508 e. The number of ether oxygens (including phenoxy) is 1. The molecular formula is C16H18N2O3. The summed E-state index contributed by atoms with van der Waals surface area (Å²) < 4.78 is 5.07. The first kappa shape index (κ1) is 14.7. The lowest BCUT2D eigenvalue weighted by atomic mass is 10.1. The molecule has 3 N–H and O–H groups in total. The Bertz CT molecular complexity index is 638. The SMILES string of the molecule is COc1ccc(C(=O)N(C)Cc2ccc(O)cc2)c(N)c1. The third-order valence-electron chi connectivity index (χ3n) is 3.19. The molecular weight excluding hydrogens is 268 g/mol. The average molecular weight is 286 g/mol. The molecule has 110 valence electrons. The highest BCUT2D eigenvalue weighted by atomic mass is 16.5. The van der Waals surface area contributed by atoms with E-state index < -0.39 is 0 Å². The summed E-state index contributed by atoms with van der Waals surface area (Å²) in [5.41, 5.74) is 7.64. The van der Waals surface area contributed by atoms with Gasteiger partial charge >= 0.3 is 0 Å². The lowest BCUT2D eigenvalue weighted by Crippen LogP contribution is -2.26. The topological polar surface area (TPSA) is 75.8 Å². The largest absolute Gasteiger partial charge is 0.508 e. The van der Waals surface area contributed by atoms with Gasteiger partial charge in [-0.05, 0) is 29.8 Å². The van der Waals surface area contributed by atoms with Gasteiger partial charge in [-0.2, -0.15) is 0 Å². The van der Waals surface area contributed by atoms with Gasteiger partial charge in [-0.3, -0.25) is 4.79 Å². The molecule has 0 unspecified atom stereocenters. The quantitative estimate of drug-likeness (QED) is 0.845. The second-order valence-electron chi connectivity index (χ2n) is 4.78. The summed E-state index contributed by atoms with van der Waals surface area (Å²) in [4.78, 5) is 14.0. The molecule has 5 heteroatoms. The number of methoxy groups -OCH3 is 1. The number of rotatable bonds is 4.